The Labute approximate surface area is 77.4 Å². The summed E-state index contributed by atoms with van der Waals surface area (Å²) in [7, 11) is 0. The van der Waals surface area contributed by atoms with Gasteiger partial charge in [0.25, 0.3) is 0 Å². The molecule has 72 valence electrons. The van der Waals surface area contributed by atoms with Crippen molar-refractivity contribution in [3.05, 3.63) is 35.6 Å². The molecule has 3 heteroatoms. The van der Waals surface area contributed by atoms with Crippen LogP contribution in [0.1, 0.15) is 12.0 Å². The summed E-state index contributed by atoms with van der Waals surface area (Å²) < 4.78 is 13.0. The molecular weight excluding hydrogens is 169 g/mol. The number of aliphatic hydroxyl groups excluding tert-OH is 1. The second-order valence-electron chi connectivity index (χ2n) is 2.85. The van der Waals surface area contributed by atoms with Gasteiger partial charge in [0.05, 0.1) is 0 Å². The molecule has 0 aromatic heterocycles. The van der Waals surface area contributed by atoms with Crippen LogP contribution in [0, 0.1) is 5.82 Å². The Morgan fingerprint density at radius 1 is 1.31 bits per heavy atom. The van der Waals surface area contributed by atoms with Crippen LogP contribution >= 0.6 is 0 Å². The minimum Gasteiger partial charge on any atom is -0.396 e. The fraction of sp³-hybridized carbons (Fsp3) is 0.400. The summed E-state index contributed by atoms with van der Waals surface area (Å²) >= 11 is 0. The van der Waals surface area contributed by atoms with Crippen LogP contribution < -0.4 is 5.32 Å². The van der Waals surface area contributed by atoms with Crippen LogP contribution in [-0.2, 0) is 6.54 Å². The summed E-state index contributed by atoms with van der Waals surface area (Å²) in [5.41, 5.74) is 0.667. The lowest BCUT2D eigenvalue weighted by atomic mass is 10.2. The Balaban J connectivity index is 2.32. The van der Waals surface area contributed by atoms with Crippen molar-refractivity contribution in [2.45, 2.75) is 13.0 Å². The first-order chi connectivity index (χ1) is 6.34. The van der Waals surface area contributed by atoms with Crippen molar-refractivity contribution < 1.29 is 9.50 Å². The van der Waals surface area contributed by atoms with Gasteiger partial charge in [0, 0.05) is 18.7 Å². The number of hydrogen-bond donors (Lipinski definition) is 2. The largest absolute Gasteiger partial charge is 0.396 e. The first-order valence-corrected chi connectivity index (χ1v) is 4.39. The lowest BCUT2D eigenvalue weighted by Crippen LogP contribution is -2.16. The summed E-state index contributed by atoms with van der Waals surface area (Å²) in [6, 6.07) is 6.68. The second kappa shape index (κ2) is 5.67. The third-order valence-corrected chi connectivity index (χ3v) is 1.78. The first-order valence-electron chi connectivity index (χ1n) is 4.39. The van der Waals surface area contributed by atoms with Gasteiger partial charge in [0.15, 0.2) is 0 Å². The minimum absolute atomic E-state index is 0.171. The van der Waals surface area contributed by atoms with Crippen LogP contribution in [0.25, 0.3) is 0 Å². The molecule has 0 aliphatic carbocycles. The third kappa shape index (κ3) is 3.53. The van der Waals surface area contributed by atoms with Crippen molar-refractivity contribution in [3.63, 3.8) is 0 Å². The highest BCUT2D eigenvalue weighted by atomic mass is 19.1. The topological polar surface area (TPSA) is 32.3 Å². The van der Waals surface area contributed by atoms with Crippen molar-refractivity contribution in [1.82, 2.24) is 5.32 Å². The van der Waals surface area contributed by atoms with Crippen molar-refractivity contribution in [3.8, 4) is 0 Å². The molecule has 2 N–H and O–H groups in total. The summed E-state index contributed by atoms with van der Waals surface area (Å²) in [6.45, 7) is 1.40. The van der Waals surface area contributed by atoms with E-state index >= 15 is 0 Å². The molecule has 0 saturated heterocycles. The van der Waals surface area contributed by atoms with E-state index in [1.54, 1.807) is 12.1 Å². The number of aliphatic hydroxyl groups is 1. The van der Waals surface area contributed by atoms with Gasteiger partial charge < -0.3 is 10.4 Å². The first kappa shape index (κ1) is 10.2. The molecule has 13 heavy (non-hydrogen) atoms. The van der Waals surface area contributed by atoms with Gasteiger partial charge in [0.1, 0.15) is 5.82 Å². The van der Waals surface area contributed by atoms with E-state index in [2.05, 4.69) is 5.32 Å². The van der Waals surface area contributed by atoms with Crippen LogP contribution in [0.3, 0.4) is 0 Å². The molecule has 0 fully saturated rings. The zero-order valence-corrected chi connectivity index (χ0v) is 7.46. The highest BCUT2D eigenvalue weighted by molar-refractivity contribution is 5.16. The van der Waals surface area contributed by atoms with E-state index < -0.39 is 0 Å². The van der Waals surface area contributed by atoms with Gasteiger partial charge in [0.2, 0.25) is 0 Å². The summed E-state index contributed by atoms with van der Waals surface area (Å²) in [5.74, 6) is -0.181. The SMILES string of the molecule is OCCCNCc1ccccc1F. The predicted molar refractivity (Wildman–Crippen MR) is 49.8 cm³/mol. The molecule has 1 aromatic carbocycles. The Bertz CT molecular complexity index is 252. The molecule has 2 nitrogen and oxygen atoms in total. The quantitative estimate of drug-likeness (QED) is 0.674. The number of rotatable bonds is 5. The van der Waals surface area contributed by atoms with Gasteiger partial charge in [-0.3, -0.25) is 0 Å². The van der Waals surface area contributed by atoms with E-state index in [0.29, 0.717) is 25.1 Å². The number of benzene rings is 1. The molecule has 1 rings (SSSR count). The molecule has 0 spiro atoms. The average molecular weight is 183 g/mol. The predicted octanol–water partition coefficient (Wildman–Crippen LogP) is 1.30. The van der Waals surface area contributed by atoms with E-state index in [9.17, 15) is 4.39 Å². The van der Waals surface area contributed by atoms with E-state index in [1.807, 2.05) is 6.07 Å². The normalized spacial score (nSPS) is 10.3. The fourth-order valence-corrected chi connectivity index (χ4v) is 1.07. The number of nitrogens with one attached hydrogen (secondary N) is 1. The molecule has 0 saturated carbocycles. The summed E-state index contributed by atoms with van der Waals surface area (Å²) in [5, 5.41) is 11.5. The van der Waals surface area contributed by atoms with Gasteiger partial charge in [-0.05, 0) is 19.0 Å². The van der Waals surface area contributed by atoms with E-state index in [-0.39, 0.29) is 12.4 Å². The fourth-order valence-electron chi connectivity index (χ4n) is 1.07. The van der Waals surface area contributed by atoms with Crippen LogP contribution in [-0.4, -0.2) is 18.3 Å². The highest BCUT2D eigenvalue weighted by Gasteiger charge is 1.98. The van der Waals surface area contributed by atoms with Crippen molar-refractivity contribution in [1.29, 1.82) is 0 Å². The van der Waals surface area contributed by atoms with E-state index in [0.717, 1.165) is 0 Å². The zero-order chi connectivity index (χ0) is 9.52. The van der Waals surface area contributed by atoms with Crippen molar-refractivity contribution in [2.75, 3.05) is 13.2 Å². The minimum atomic E-state index is -0.181. The highest BCUT2D eigenvalue weighted by Crippen LogP contribution is 2.04. The molecular formula is C10H14FNO. The van der Waals surface area contributed by atoms with Gasteiger partial charge in [-0.1, -0.05) is 18.2 Å². The standard InChI is InChI=1S/C10H14FNO/c11-10-5-2-1-4-9(10)8-12-6-3-7-13/h1-2,4-5,12-13H,3,6-8H2. The lowest BCUT2D eigenvalue weighted by molar-refractivity contribution is 0.286. The summed E-state index contributed by atoms with van der Waals surface area (Å²) in [6.07, 6.45) is 0.703. The Morgan fingerprint density at radius 2 is 2.08 bits per heavy atom. The average Bonchev–Trinajstić information content (AvgIpc) is 2.15. The Hall–Kier alpha value is -0.930. The van der Waals surface area contributed by atoms with Crippen LogP contribution in [0.5, 0.6) is 0 Å². The molecule has 0 amide bonds. The second-order valence-corrected chi connectivity index (χ2v) is 2.85. The maximum absolute atomic E-state index is 13.0. The molecule has 0 radical (unpaired) electrons. The van der Waals surface area contributed by atoms with E-state index in [4.69, 9.17) is 5.11 Å². The van der Waals surface area contributed by atoms with Gasteiger partial charge in [-0.15, -0.1) is 0 Å². The number of halogens is 1. The van der Waals surface area contributed by atoms with E-state index in [1.165, 1.54) is 6.07 Å². The van der Waals surface area contributed by atoms with Gasteiger partial charge in [-0.2, -0.15) is 0 Å². The molecule has 0 aliphatic heterocycles. The Kier molecular flexibility index (Phi) is 4.43. The molecule has 0 atom stereocenters. The summed E-state index contributed by atoms with van der Waals surface area (Å²) in [4.78, 5) is 0. The number of hydrogen-bond acceptors (Lipinski definition) is 2. The maximum atomic E-state index is 13.0. The van der Waals surface area contributed by atoms with Crippen LogP contribution in [0.2, 0.25) is 0 Å². The zero-order valence-electron chi connectivity index (χ0n) is 7.46. The monoisotopic (exact) mass is 183 g/mol. The maximum Gasteiger partial charge on any atom is 0.127 e. The molecule has 0 unspecified atom stereocenters. The van der Waals surface area contributed by atoms with Crippen LogP contribution in [0.15, 0.2) is 24.3 Å². The Morgan fingerprint density at radius 3 is 2.77 bits per heavy atom. The van der Waals surface area contributed by atoms with Crippen LogP contribution in [0.4, 0.5) is 4.39 Å². The molecule has 0 aliphatic rings. The van der Waals surface area contributed by atoms with Gasteiger partial charge in [-0.25, -0.2) is 4.39 Å². The van der Waals surface area contributed by atoms with Crippen molar-refractivity contribution in [2.24, 2.45) is 0 Å². The third-order valence-electron chi connectivity index (χ3n) is 1.78. The van der Waals surface area contributed by atoms with Gasteiger partial charge >= 0.3 is 0 Å². The molecule has 0 heterocycles. The molecule has 1 aromatic rings. The molecule has 0 bridgehead atoms. The lowest BCUT2D eigenvalue weighted by Gasteiger charge is -2.04. The smallest absolute Gasteiger partial charge is 0.127 e. The van der Waals surface area contributed by atoms with Crippen molar-refractivity contribution >= 4 is 0 Å².